The first-order valence-electron chi connectivity index (χ1n) is 7.63. The van der Waals surface area contributed by atoms with Gasteiger partial charge in [0, 0.05) is 13.1 Å². The van der Waals surface area contributed by atoms with Crippen LogP contribution in [0.15, 0.2) is 25.3 Å². The summed E-state index contributed by atoms with van der Waals surface area (Å²) in [6.45, 7) is 8.90. The lowest BCUT2D eigenvalue weighted by molar-refractivity contribution is -0.129. The summed E-state index contributed by atoms with van der Waals surface area (Å²) in [4.78, 5) is 25.1. The summed E-state index contributed by atoms with van der Waals surface area (Å²) in [6.07, 6.45) is 5.67. The van der Waals surface area contributed by atoms with Gasteiger partial charge in [-0.3, -0.25) is 14.5 Å². The Kier molecular flexibility index (Phi) is 7.27. The second kappa shape index (κ2) is 8.70. The molecule has 0 radical (unpaired) electrons. The second-order valence-corrected chi connectivity index (χ2v) is 5.97. The highest BCUT2D eigenvalue weighted by molar-refractivity contribution is 5.79. The van der Waals surface area contributed by atoms with Gasteiger partial charge in [-0.1, -0.05) is 12.2 Å². The number of amides is 2. The van der Waals surface area contributed by atoms with E-state index in [0.717, 1.165) is 19.4 Å². The minimum Gasteiger partial charge on any atom is -0.387 e. The van der Waals surface area contributed by atoms with Crippen molar-refractivity contribution in [2.24, 2.45) is 11.7 Å². The molecule has 124 valence electrons. The molecule has 1 heterocycles. The molecule has 1 atom stereocenters. The van der Waals surface area contributed by atoms with Gasteiger partial charge in [0.25, 0.3) is 0 Å². The topological polar surface area (TPSA) is 95.7 Å². The Morgan fingerprint density at radius 1 is 1.36 bits per heavy atom. The monoisotopic (exact) mass is 309 g/mol. The van der Waals surface area contributed by atoms with Crippen LogP contribution in [0.4, 0.5) is 0 Å². The number of nitrogens with zero attached hydrogens (tertiary/aromatic N) is 1. The van der Waals surface area contributed by atoms with Crippen molar-refractivity contribution in [3.05, 3.63) is 25.3 Å². The van der Waals surface area contributed by atoms with Gasteiger partial charge in [-0.05, 0) is 32.2 Å². The number of aliphatic hydroxyl groups is 1. The van der Waals surface area contributed by atoms with Crippen LogP contribution >= 0.6 is 0 Å². The Labute approximate surface area is 132 Å². The van der Waals surface area contributed by atoms with Crippen LogP contribution < -0.4 is 11.1 Å². The maximum absolute atomic E-state index is 12.3. The first-order valence-corrected chi connectivity index (χ1v) is 7.63. The van der Waals surface area contributed by atoms with Gasteiger partial charge in [-0.15, -0.1) is 13.2 Å². The smallest absolute Gasteiger partial charge is 0.231 e. The fraction of sp³-hybridized carbons (Fsp3) is 0.625. The minimum atomic E-state index is -1.04. The molecule has 1 aliphatic heterocycles. The van der Waals surface area contributed by atoms with Gasteiger partial charge in [0.15, 0.2) is 0 Å². The molecule has 1 aliphatic rings. The van der Waals surface area contributed by atoms with E-state index in [-0.39, 0.29) is 30.8 Å². The summed E-state index contributed by atoms with van der Waals surface area (Å²) in [7, 11) is 0. The molecule has 0 aliphatic carbocycles. The first-order chi connectivity index (χ1) is 10.4. The number of rotatable bonds is 9. The van der Waals surface area contributed by atoms with Crippen molar-refractivity contribution in [2.45, 2.75) is 31.3 Å². The van der Waals surface area contributed by atoms with Crippen molar-refractivity contribution in [3.8, 4) is 0 Å². The van der Waals surface area contributed by atoms with Crippen LogP contribution in [0.25, 0.3) is 0 Å². The van der Waals surface area contributed by atoms with Crippen molar-refractivity contribution in [1.82, 2.24) is 10.2 Å². The van der Waals surface area contributed by atoms with E-state index in [9.17, 15) is 14.7 Å². The number of likely N-dealkylation sites (tertiary alicyclic amines) is 1. The number of primary amides is 1. The molecule has 0 saturated carbocycles. The summed E-state index contributed by atoms with van der Waals surface area (Å²) in [5.41, 5.74) is 4.15. The van der Waals surface area contributed by atoms with E-state index in [0.29, 0.717) is 19.4 Å². The molecule has 1 rings (SSSR count). The fourth-order valence-electron chi connectivity index (χ4n) is 2.79. The zero-order chi connectivity index (χ0) is 16.6. The number of piperidine rings is 1. The molecule has 1 fully saturated rings. The quantitative estimate of drug-likeness (QED) is 0.530. The van der Waals surface area contributed by atoms with E-state index >= 15 is 0 Å². The van der Waals surface area contributed by atoms with Crippen molar-refractivity contribution in [3.63, 3.8) is 0 Å². The van der Waals surface area contributed by atoms with Gasteiger partial charge in [-0.2, -0.15) is 0 Å². The highest BCUT2D eigenvalue weighted by Crippen LogP contribution is 2.18. The van der Waals surface area contributed by atoms with Crippen LogP contribution in [-0.4, -0.2) is 53.6 Å². The predicted octanol–water partition coefficient (Wildman–Crippen LogP) is 0.183. The third kappa shape index (κ3) is 5.99. The van der Waals surface area contributed by atoms with Gasteiger partial charge in [0.1, 0.15) is 0 Å². The van der Waals surface area contributed by atoms with Crippen molar-refractivity contribution in [1.29, 1.82) is 0 Å². The Balaban J connectivity index is 2.51. The highest BCUT2D eigenvalue weighted by atomic mass is 16.3. The number of carbonyl (C=O) groups excluding carboxylic acids is 2. The number of carbonyl (C=O) groups is 2. The summed E-state index contributed by atoms with van der Waals surface area (Å²) >= 11 is 0. The largest absolute Gasteiger partial charge is 0.387 e. The SMILES string of the molecule is C=CCC(O)(CC=C)CNC(=O)C1CCCN(CC(N)=O)C1. The van der Waals surface area contributed by atoms with E-state index in [2.05, 4.69) is 18.5 Å². The number of nitrogens with one attached hydrogen (secondary N) is 1. The van der Waals surface area contributed by atoms with Gasteiger partial charge in [0.2, 0.25) is 11.8 Å². The molecule has 2 amide bonds. The fourth-order valence-corrected chi connectivity index (χ4v) is 2.79. The molecule has 1 unspecified atom stereocenters. The zero-order valence-corrected chi connectivity index (χ0v) is 13.1. The van der Waals surface area contributed by atoms with Crippen LogP contribution in [0.1, 0.15) is 25.7 Å². The standard InChI is InChI=1S/C16H27N3O3/c1-3-7-16(22,8-4-2)12-18-15(21)13-6-5-9-19(10-13)11-14(17)20/h3-4,13,22H,1-2,5-12H2,(H2,17,20)(H,18,21). The molecule has 6 nitrogen and oxygen atoms in total. The van der Waals surface area contributed by atoms with Crippen LogP contribution in [0, 0.1) is 5.92 Å². The number of hydrogen-bond acceptors (Lipinski definition) is 4. The van der Waals surface area contributed by atoms with E-state index in [4.69, 9.17) is 5.73 Å². The Bertz CT molecular complexity index is 413. The molecule has 22 heavy (non-hydrogen) atoms. The molecule has 0 bridgehead atoms. The molecule has 4 N–H and O–H groups in total. The third-order valence-corrected chi connectivity index (χ3v) is 3.90. The Morgan fingerprint density at radius 3 is 2.55 bits per heavy atom. The molecule has 0 aromatic carbocycles. The van der Waals surface area contributed by atoms with Crippen LogP contribution in [-0.2, 0) is 9.59 Å². The summed E-state index contributed by atoms with van der Waals surface area (Å²) < 4.78 is 0. The predicted molar refractivity (Wildman–Crippen MR) is 85.9 cm³/mol. The average molecular weight is 309 g/mol. The summed E-state index contributed by atoms with van der Waals surface area (Å²) in [6, 6.07) is 0. The molecule has 0 aromatic rings. The molecular weight excluding hydrogens is 282 g/mol. The lowest BCUT2D eigenvalue weighted by Gasteiger charge is -2.32. The normalized spacial score (nSPS) is 19.4. The third-order valence-electron chi connectivity index (χ3n) is 3.90. The van der Waals surface area contributed by atoms with Crippen LogP contribution in [0.2, 0.25) is 0 Å². The van der Waals surface area contributed by atoms with E-state index in [1.165, 1.54) is 0 Å². The Hall–Kier alpha value is -1.66. The van der Waals surface area contributed by atoms with E-state index < -0.39 is 5.60 Å². The number of nitrogens with two attached hydrogens (primary N) is 1. The summed E-state index contributed by atoms with van der Waals surface area (Å²) in [5.74, 6) is -0.655. The lowest BCUT2D eigenvalue weighted by atomic mass is 9.93. The average Bonchev–Trinajstić information content (AvgIpc) is 2.45. The van der Waals surface area contributed by atoms with Gasteiger partial charge in [-0.25, -0.2) is 0 Å². The Morgan fingerprint density at radius 2 is 2.00 bits per heavy atom. The van der Waals surface area contributed by atoms with Crippen LogP contribution in [0.5, 0.6) is 0 Å². The molecular formula is C16H27N3O3. The maximum Gasteiger partial charge on any atom is 0.231 e. The van der Waals surface area contributed by atoms with Gasteiger partial charge in [0.05, 0.1) is 18.1 Å². The van der Waals surface area contributed by atoms with Crippen LogP contribution in [0.3, 0.4) is 0 Å². The van der Waals surface area contributed by atoms with E-state index in [1.807, 2.05) is 4.90 Å². The van der Waals surface area contributed by atoms with E-state index in [1.54, 1.807) is 12.2 Å². The molecule has 0 aromatic heterocycles. The minimum absolute atomic E-state index is 0.0966. The zero-order valence-electron chi connectivity index (χ0n) is 13.1. The van der Waals surface area contributed by atoms with Crippen molar-refractivity contribution >= 4 is 11.8 Å². The second-order valence-electron chi connectivity index (χ2n) is 5.97. The van der Waals surface area contributed by atoms with Crippen molar-refractivity contribution < 1.29 is 14.7 Å². The lowest BCUT2D eigenvalue weighted by Crippen LogP contribution is -2.49. The molecule has 6 heteroatoms. The van der Waals surface area contributed by atoms with Gasteiger partial charge >= 0.3 is 0 Å². The molecule has 1 saturated heterocycles. The highest BCUT2D eigenvalue weighted by Gasteiger charge is 2.29. The maximum atomic E-state index is 12.3. The summed E-state index contributed by atoms with van der Waals surface area (Å²) in [5, 5.41) is 13.2. The van der Waals surface area contributed by atoms with Gasteiger partial charge < -0.3 is 16.2 Å². The van der Waals surface area contributed by atoms with Crippen molar-refractivity contribution in [2.75, 3.05) is 26.2 Å². The first kappa shape index (κ1) is 18.4. The molecule has 0 spiro atoms. The number of hydrogen-bond donors (Lipinski definition) is 3.